The van der Waals surface area contributed by atoms with Gasteiger partial charge in [-0.3, -0.25) is 0 Å². The summed E-state index contributed by atoms with van der Waals surface area (Å²) in [7, 11) is -1.40. The molecule has 0 bridgehead atoms. The van der Waals surface area contributed by atoms with E-state index in [-0.39, 0.29) is 0 Å². The number of hydrogen-bond donors (Lipinski definition) is 2. The zero-order valence-corrected chi connectivity index (χ0v) is 4.78. The second kappa shape index (κ2) is 2.66. The van der Waals surface area contributed by atoms with Gasteiger partial charge in [0.15, 0.2) is 0 Å². The molecule has 0 amide bonds. The van der Waals surface area contributed by atoms with Gasteiger partial charge in [-0.25, -0.2) is 0 Å². The SMILES string of the molecule is OB(O)c1[c]cccc1. The summed E-state index contributed by atoms with van der Waals surface area (Å²) in [5.41, 5.74) is 0.400. The molecular formula is C6H6BO2. The molecule has 1 aromatic rings. The van der Waals surface area contributed by atoms with E-state index in [9.17, 15) is 0 Å². The van der Waals surface area contributed by atoms with Crippen LogP contribution in [-0.2, 0) is 0 Å². The first kappa shape index (κ1) is 6.33. The average molecular weight is 121 g/mol. The Morgan fingerprint density at radius 3 is 2.44 bits per heavy atom. The molecule has 0 aromatic heterocycles. The Morgan fingerprint density at radius 2 is 2.11 bits per heavy atom. The highest BCUT2D eigenvalue weighted by Crippen LogP contribution is 1.80. The average Bonchev–Trinajstić information content (AvgIpc) is 1.90. The highest BCUT2D eigenvalue weighted by molar-refractivity contribution is 6.58. The third-order valence-corrected chi connectivity index (χ3v) is 1.01. The van der Waals surface area contributed by atoms with Crippen LogP contribution in [0.5, 0.6) is 0 Å². The molecule has 1 aromatic carbocycles. The van der Waals surface area contributed by atoms with E-state index in [2.05, 4.69) is 6.07 Å². The van der Waals surface area contributed by atoms with Crippen molar-refractivity contribution in [3.63, 3.8) is 0 Å². The van der Waals surface area contributed by atoms with E-state index in [4.69, 9.17) is 10.0 Å². The maximum atomic E-state index is 8.55. The molecular weight excluding hydrogens is 115 g/mol. The normalized spacial score (nSPS) is 9.11. The molecule has 45 valence electrons. The van der Waals surface area contributed by atoms with Crippen LogP contribution in [0.25, 0.3) is 0 Å². The second-order valence-corrected chi connectivity index (χ2v) is 1.69. The van der Waals surface area contributed by atoms with Crippen molar-refractivity contribution in [2.45, 2.75) is 0 Å². The second-order valence-electron chi connectivity index (χ2n) is 1.69. The Balaban J connectivity index is 2.85. The molecule has 0 saturated heterocycles. The van der Waals surface area contributed by atoms with Crippen molar-refractivity contribution in [2.24, 2.45) is 0 Å². The first-order valence-electron chi connectivity index (χ1n) is 2.63. The Labute approximate surface area is 53.9 Å². The summed E-state index contributed by atoms with van der Waals surface area (Å²) < 4.78 is 0. The van der Waals surface area contributed by atoms with Crippen molar-refractivity contribution in [2.75, 3.05) is 0 Å². The quantitative estimate of drug-likeness (QED) is 0.476. The lowest BCUT2D eigenvalue weighted by atomic mass is 9.81. The van der Waals surface area contributed by atoms with Gasteiger partial charge in [0, 0.05) is 0 Å². The Morgan fingerprint density at radius 1 is 1.33 bits per heavy atom. The lowest BCUT2D eigenvalue weighted by Gasteiger charge is -1.93. The van der Waals surface area contributed by atoms with Crippen LogP contribution < -0.4 is 5.46 Å². The van der Waals surface area contributed by atoms with Gasteiger partial charge >= 0.3 is 7.12 Å². The number of benzene rings is 1. The predicted molar refractivity (Wildman–Crippen MR) is 35.1 cm³/mol. The van der Waals surface area contributed by atoms with E-state index >= 15 is 0 Å². The van der Waals surface area contributed by atoms with E-state index in [1.165, 1.54) is 0 Å². The van der Waals surface area contributed by atoms with Crippen molar-refractivity contribution in [3.8, 4) is 0 Å². The van der Waals surface area contributed by atoms with Crippen LogP contribution in [0.3, 0.4) is 0 Å². The molecule has 0 saturated carbocycles. The van der Waals surface area contributed by atoms with Gasteiger partial charge in [-0.2, -0.15) is 0 Å². The molecule has 0 aliphatic rings. The van der Waals surface area contributed by atoms with Crippen LogP contribution in [0.1, 0.15) is 0 Å². The fourth-order valence-corrected chi connectivity index (χ4v) is 0.568. The molecule has 1 radical (unpaired) electrons. The third-order valence-electron chi connectivity index (χ3n) is 1.01. The molecule has 3 heteroatoms. The highest BCUT2D eigenvalue weighted by Gasteiger charge is 2.07. The molecule has 0 aliphatic carbocycles. The molecule has 1 rings (SSSR count). The van der Waals surface area contributed by atoms with E-state index < -0.39 is 7.12 Å². The van der Waals surface area contributed by atoms with Gasteiger partial charge in [-0.05, 0) is 11.5 Å². The van der Waals surface area contributed by atoms with Crippen LogP contribution in [0.4, 0.5) is 0 Å². The van der Waals surface area contributed by atoms with Crippen LogP contribution in [0.15, 0.2) is 24.3 Å². The monoisotopic (exact) mass is 121 g/mol. The molecule has 2 N–H and O–H groups in total. The number of rotatable bonds is 1. The topological polar surface area (TPSA) is 40.5 Å². The molecule has 0 heterocycles. The van der Waals surface area contributed by atoms with Crippen LogP contribution in [0.2, 0.25) is 0 Å². The third kappa shape index (κ3) is 1.55. The van der Waals surface area contributed by atoms with Crippen molar-refractivity contribution in [1.82, 2.24) is 0 Å². The summed E-state index contributed by atoms with van der Waals surface area (Å²) in [6, 6.07) is 9.40. The maximum Gasteiger partial charge on any atom is 0.489 e. The van der Waals surface area contributed by atoms with Crippen molar-refractivity contribution in [3.05, 3.63) is 30.3 Å². The first-order chi connectivity index (χ1) is 4.30. The van der Waals surface area contributed by atoms with Gasteiger partial charge in [-0.15, -0.1) is 0 Å². The van der Waals surface area contributed by atoms with Crippen LogP contribution in [0, 0.1) is 6.07 Å². The van der Waals surface area contributed by atoms with Gasteiger partial charge in [-0.1, -0.05) is 24.3 Å². The van der Waals surface area contributed by atoms with Gasteiger partial charge in [0.1, 0.15) is 0 Å². The molecule has 0 spiro atoms. The predicted octanol–water partition coefficient (Wildman–Crippen LogP) is -0.833. The largest absolute Gasteiger partial charge is 0.489 e. The van der Waals surface area contributed by atoms with Gasteiger partial charge in [0.2, 0.25) is 0 Å². The lowest BCUT2D eigenvalue weighted by molar-refractivity contribution is 0.425. The minimum atomic E-state index is -1.40. The van der Waals surface area contributed by atoms with Gasteiger partial charge in [0.25, 0.3) is 0 Å². The smallest absolute Gasteiger partial charge is 0.423 e. The summed E-state index contributed by atoms with van der Waals surface area (Å²) in [5.74, 6) is 0. The molecule has 2 nitrogen and oxygen atoms in total. The minimum absolute atomic E-state index is 0.400. The fourth-order valence-electron chi connectivity index (χ4n) is 0.568. The molecule has 0 atom stereocenters. The Kier molecular flexibility index (Phi) is 1.87. The Bertz CT molecular complexity index is 174. The van der Waals surface area contributed by atoms with Crippen molar-refractivity contribution < 1.29 is 10.0 Å². The van der Waals surface area contributed by atoms with E-state index in [1.54, 1.807) is 24.3 Å². The minimum Gasteiger partial charge on any atom is -0.423 e. The van der Waals surface area contributed by atoms with E-state index in [0.29, 0.717) is 5.46 Å². The van der Waals surface area contributed by atoms with Gasteiger partial charge < -0.3 is 10.0 Å². The van der Waals surface area contributed by atoms with E-state index in [1.807, 2.05) is 0 Å². The standard InChI is InChI=1S/C6H6BO2/c8-7(9)6-4-2-1-3-5-6/h1-4,8-9H. The number of hydrogen-bond acceptors (Lipinski definition) is 2. The van der Waals surface area contributed by atoms with Crippen molar-refractivity contribution >= 4 is 12.6 Å². The summed E-state index contributed by atoms with van der Waals surface area (Å²) in [4.78, 5) is 0. The fraction of sp³-hybridized carbons (Fsp3) is 0. The maximum absolute atomic E-state index is 8.55. The molecule has 9 heavy (non-hydrogen) atoms. The van der Waals surface area contributed by atoms with Crippen molar-refractivity contribution in [1.29, 1.82) is 0 Å². The highest BCUT2D eigenvalue weighted by atomic mass is 16.4. The summed E-state index contributed by atoms with van der Waals surface area (Å²) in [5, 5.41) is 17.1. The summed E-state index contributed by atoms with van der Waals surface area (Å²) >= 11 is 0. The Hall–Kier alpha value is -0.795. The van der Waals surface area contributed by atoms with Gasteiger partial charge in [0.05, 0.1) is 0 Å². The van der Waals surface area contributed by atoms with Crippen LogP contribution >= 0.6 is 0 Å². The molecule has 0 fully saturated rings. The zero-order chi connectivity index (χ0) is 6.69. The summed E-state index contributed by atoms with van der Waals surface area (Å²) in [6.45, 7) is 0. The first-order valence-corrected chi connectivity index (χ1v) is 2.63. The van der Waals surface area contributed by atoms with Crippen LogP contribution in [-0.4, -0.2) is 17.2 Å². The summed E-state index contributed by atoms with van der Waals surface area (Å²) in [6.07, 6.45) is 0. The zero-order valence-electron chi connectivity index (χ0n) is 4.78. The van der Waals surface area contributed by atoms with E-state index in [0.717, 1.165) is 0 Å². The molecule has 0 unspecified atom stereocenters. The molecule has 0 aliphatic heterocycles. The lowest BCUT2D eigenvalue weighted by Crippen LogP contribution is -2.29.